The SMILES string of the molecule is C(=C\c1cc2ncnc(NCc3ccc4c(c3)OCO4)c2s1)/c1ccccc1. The Labute approximate surface area is 166 Å². The van der Waals surface area contributed by atoms with E-state index in [9.17, 15) is 0 Å². The second-order valence-electron chi connectivity index (χ2n) is 6.37. The molecule has 0 amide bonds. The van der Waals surface area contributed by atoms with Gasteiger partial charge in [0, 0.05) is 11.4 Å². The minimum absolute atomic E-state index is 0.285. The molecule has 1 aliphatic rings. The second-order valence-corrected chi connectivity index (χ2v) is 7.45. The summed E-state index contributed by atoms with van der Waals surface area (Å²) in [5.74, 6) is 2.42. The number of aromatic nitrogens is 2. The van der Waals surface area contributed by atoms with Gasteiger partial charge in [-0.1, -0.05) is 42.5 Å². The van der Waals surface area contributed by atoms with Gasteiger partial charge in [0.25, 0.3) is 0 Å². The smallest absolute Gasteiger partial charge is 0.231 e. The van der Waals surface area contributed by atoms with E-state index in [4.69, 9.17) is 9.47 Å². The van der Waals surface area contributed by atoms with Gasteiger partial charge >= 0.3 is 0 Å². The Morgan fingerprint density at radius 2 is 1.86 bits per heavy atom. The lowest BCUT2D eigenvalue weighted by atomic mass is 10.2. The van der Waals surface area contributed by atoms with Gasteiger partial charge in [-0.3, -0.25) is 0 Å². The summed E-state index contributed by atoms with van der Waals surface area (Å²) in [5, 5.41) is 3.42. The molecule has 0 radical (unpaired) electrons. The summed E-state index contributed by atoms with van der Waals surface area (Å²) in [6, 6.07) is 18.3. The zero-order chi connectivity index (χ0) is 18.8. The van der Waals surface area contributed by atoms with Gasteiger partial charge in [-0.15, -0.1) is 11.3 Å². The Hall–Kier alpha value is -3.38. The van der Waals surface area contributed by atoms with Gasteiger partial charge in [0.1, 0.15) is 12.1 Å². The minimum atomic E-state index is 0.285. The maximum absolute atomic E-state index is 5.45. The van der Waals surface area contributed by atoms with E-state index >= 15 is 0 Å². The lowest BCUT2D eigenvalue weighted by Crippen LogP contribution is -2.01. The summed E-state index contributed by atoms with van der Waals surface area (Å²) in [4.78, 5) is 9.99. The van der Waals surface area contributed by atoms with Crippen molar-refractivity contribution in [3.63, 3.8) is 0 Å². The van der Waals surface area contributed by atoms with Crippen molar-refractivity contribution in [2.45, 2.75) is 6.54 Å². The number of benzene rings is 2. The van der Waals surface area contributed by atoms with E-state index in [1.54, 1.807) is 17.7 Å². The van der Waals surface area contributed by atoms with Gasteiger partial charge in [0.15, 0.2) is 11.5 Å². The van der Waals surface area contributed by atoms with Crippen LogP contribution in [0, 0.1) is 0 Å². The van der Waals surface area contributed by atoms with E-state index < -0.39 is 0 Å². The average molecular weight is 387 g/mol. The van der Waals surface area contributed by atoms with Crippen molar-refractivity contribution in [3.05, 3.63) is 76.9 Å². The van der Waals surface area contributed by atoms with Crippen LogP contribution < -0.4 is 14.8 Å². The summed E-state index contributed by atoms with van der Waals surface area (Å²) in [6.45, 7) is 0.934. The lowest BCUT2D eigenvalue weighted by molar-refractivity contribution is 0.174. The van der Waals surface area contributed by atoms with E-state index in [-0.39, 0.29) is 6.79 Å². The molecule has 2 aromatic heterocycles. The first-order valence-corrected chi connectivity index (χ1v) is 9.77. The van der Waals surface area contributed by atoms with Crippen LogP contribution in [0.1, 0.15) is 16.0 Å². The first kappa shape index (κ1) is 16.8. The van der Waals surface area contributed by atoms with Crippen molar-refractivity contribution < 1.29 is 9.47 Å². The molecule has 0 saturated carbocycles. The van der Waals surface area contributed by atoms with Gasteiger partial charge in [-0.05, 0) is 35.4 Å². The molecule has 6 heteroatoms. The van der Waals surface area contributed by atoms with Crippen molar-refractivity contribution in [1.29, 1.82) is 0 Å². The fourth-order valence-corrected chi connectivity index (χ4v) is 4.04. The predicted octanol–water partition coefficient (Wildman–Crippen LogP) is 5.20. The van der Waals surface area contributed by atoms with Crippen molar-refractivity contribution in [1.82, 2.24) is 9.97 Å². The lowest BCUT2D eigenvalue weighted by Gasteiger charge is -2.07. The number of ether oxygens (including phenoxy) is 2. The average Bonchev–Trinajstić information content (AvgIpc) is 3.37. The van der Waals surface area contributed by atoms with Gasteiger partial charge in [-0.2, -0.15) is 0 Å². The molecular formula is C22H17N3O2S. The first-order chi connectivity index (χ1) is 13.8. The van der Waals surface area contributed by atoms with Crippen LogP contribution in [0.2, 0.25) is 0 Å². The molecule has 1 aliphatic heterocycles. The van der Waals surface area contributed by atoms with Crippen LogP contribution in [0.25, 0.3) is 22.4 Å². The highest BCUT2D eigenvalue weighted by molar-refractivity contribution is 7.20. The summed E-state index contributed by atoms with van der Waals surface area (Å²) in [7, 11) is 0. The van der Waals surface area contributed by atoms with E-state index in [1.807, 2.05) is 36.4 Å². The van der Waals surface area contributed by atoms with E-state index in [2.05, 4.69) is 45.6 Å². The molecule has 0 atom stereocenters. The number of hydrogen-bond donors (Lipinski definition) is 1. The molecule has 138 valence electrons. The van der Waals surface area contributed by atoms with Crippen molar-refractivity contribution in [3.8, 4) is 11.5 Å². The van der Waals surface area contributed by atoms with E-state index in [1.165, 1.54) is 5.56 Å². The molecule has 0 saturated heterocycles. The molecule has 0 bridgehead atoms. The number of nitrogens with one attached hydrogen (secondary N) is 1. The highest BCUT2D eigenvalue weighted by atomic mass is 32.1. The molecule has 4 aromatic rings. The number of thiophene rings is 1. The molecule has 5 rings (SSSR count). The largest absolute Gasteiger partial charge is 0.454 e. The standard InChI is InChI=1S/C22H17N3O2S/c1-2-4-15(5-3-1)6-8-17-11-18-21(28-17)22(25-13-24-18)23-12-16-7-9-19-20(10-16)27-14-26-19/h1-11,13H,12,14H2,(H,23,24,25)/b8-6+. The molecule has 0 spiro atoms. The molecule has 1 N–H and O–H groups in total. The molecule has 2 aromatic carbocycles. The second kappa shape index (κ2) is 7.32. The monoisotopic (exact) mass is 387 g/mol. The molecule has 3 heterocycles. The van der Waals surface area contributed by atoms with E-state index in [0.717, 1.165) is 38.0 Å². The summed E-state index contributed by atoms with van der Waals surface area (Å²) < 4.78 is 11.9. The summed E-state index contributed by atoms with van der Waals surface area (Å²) in [6.07, 6.45) is 5.82. The molecule has 5 nitrogen and oxygen atoms in total. The van der Waals surface area contributed by atoms with Gasteiger partial charge in [0.2, 0.25) is 6.79 Å². The van der Waals surface area contributed by atoms with Crippen molar-refractivity contribution in [2.24, 2.45) is 0 Å². The van der Waals surface area contributed by atoms with Crippen LogP contribution in [0.3, 0.4) is 0 Å². The zero-order valence-electron chi connectivity index (χ0n) is 15.0. The van der Waals surface area contributed by atoms with Crippen LogP contribution in [0.4, 0.5) is 5.82 Å². The van der Waals surface area contributed by atoms with E-state index in [0.29, 0.717) is 6.54 Å². The fraction of sp³-hybridized carbons (Fsp3) is 0.0909. The summed E-state index contributed by atoms with van der Waals surface area (Å²) >= 11 is 1.68. The highest BCUT2D eigenvalue weighted by Gasteiger charge is 2.13. The van der Waals surface area contributed by atoms with Crippen molar-refractivity contribution >= 4 is 39.5 Å². The topological polar surface area (TPSA) is 56.3 Å². The van der Waals surface area contributed by atoms with Crippen LogP contribution in [-0.4, -0.2) is 16.8 Å². The fourth-order valence-electron chi connectivity index (χ4n) is 3.06. The maximum atomic E-state index is 5.45. The molecular weight excluding hydrogens is 370 g/mol. The molecule has 0 fully saturated rings. The Balaban J connectivity index is 1.36. The number of rotatable bonds is 5. The first-order valence-electron chi connectivity index (χ1n) is 8.95. The van der Waals surface area contributed by atoms with Gasteiger partial charge < -0.3 is 14.8 Å². The number of fused-ring (bicyclic) bond motifs is 2. The minimum Gasteiger partial charge on any atom is -0.454 e. The van der Waals surface area contributed by atoms with Crippen molar-refractivity contribution in [2.75, 3.05) is 12.1 Å². The molecule has 0 unspecified atom stereocenters. The third-order valence-electron chi connectivity index (χ3n) is 4.47. The Morgan fingerprint density at radius 3 is 2.79 bits per heavy atom. The number of anilines is 1. The summed E-state index contributed by atoms with van der Waals surface area (Å²) in [5.41, 5.74) is 3.23. The van der Waals surface area contributed by atoms with Crippen LogP contribution in [0.15, 0.2) is 60.9 Å². The third kappa shape index (κ3) is 3.42. The molecule has 0 aliphatic carbocycles. The third-order valence-corrected chi connectivity index (χ3v) is 5.56. The number of nitrogens with zero attached hydrogens (tertiary/aromatic N) is 2. The van der Waals surface area contributed by atoms with Crippen LogP contribution >= 0.6 is 11.3 Å². The van der Waals surface area contributed by atoms with Gasteiger partial charge in [-0.25, -0.2) is 9.97 Å². The van der Waals surface area contributed by atoms with Crippen LogP contribution in [-0.2, 0) is 6.54 Å². The molecule has 28 heavy (non-hydrogen) atoms. The van der Waals surface area contributed by atoms with Gasteiger partial charge in [0.05, 0.1) is 10.2 Å². The quantitative estimate of drug-likeness (QED) is 0.510. The predicted molar refractivity (Wildman–Crippen MR) is 113 cm³/mol. The number of hydrogen-bond acceptors (Lipinski definition) is 6. The Morgan fingerprint density at radius 1 is 0.964 bits per heavy atom. The maximum Gasteiger partial charge on any atom is 0.231 e. The Bertz CT molecular complexity index is 1160. The normalized spacial score (nSPS) is 12.7. The zero-order valence-corrected chi connectivity index (χ0v) is 15.8. The van der Waals surface area contributed by atoms with Crippen LogP contribution in [0.5, 0.6) is 11.5 Å². The Kier molecular flexibility index (Phi) is 4.39. The highest BCUT2D eigenvalue weighted by Crippen LogP contribution is 2.33.